The largest absolute Gasteiger partial charge is 0.381 e. The van der Waals surface area contributed by atoms with Crippen molar-refractivity contribution in [3.8, 4) is 0 Å². The Morgan fingerprint density at radius 3 is 1.33 bits per heavy atom. The van der Waals surface area contributed by atoms with Crippen LogP contribution in [0.2, 0.25) is 0 Å². The molecule has 0 atom stereocenters. The average molecular weight is 637 g/mol. The first-order chi connectivity index (χ1) is 22.3. The Labute approximate surface area is 271 Å². The number of aryl methyl sites for hydroxylation is 4. The maximum absolute atomic E-state index is 12.8. The van der Waals surface area contributed by atoms with Crippen LogP contribution in [0.5, 0.6) is 0 Å². The second-order valence-electron chi connectivity index (χ2n) is 13.2. The summed E-state index contributed by atoms with van der Waals surface area (Å²) in [5, 5.41) is 16.6. The van der Waals surface area contributed by atoms with E-state index in [-0.39, 0.29) is 11.1 Å². The maximum atomic E-state index is 12.8. The molecule has 46 heavy (non-hydrogen) atoms. The van der Waals surface area contributed by atoms with Gasteiger partial charge in [0.25, 0.3) is 11.1 Å². The van der Waals surface area contributed by atoms with Gasteiger partial charge in [0.2, 0.25) is 11.3 Å². The van der Waals surface area contributed by atoms with Crippen molar-refractivity contribution < 1.29 is 9.47 Å². The second-order valence-corrected chi connectivity index (χ2v) is 13.2. The molecule has 0 radical (unpaired) electrons. The van der Waals surface area contributed by atoms with Crippen LogP contribution in [0.4, 0.5) is 0 Å². The summed E-state index contributed by atoms with van der Waals surface area (Å²) < 4.78 is 18.3. The molecule has 2 saturated carbocycles. The third kappa shape index (κ3) is 7.43. The zero-order valence-electron chi connectivity index (χ0n) is 28.6. The van der Waals surface area contributed by atoms with Gasteiger partial charge in [0.05, 0.1) is 12.2 Å². The first-order valence-corrected chi connectivity index (χ1v) is 17.2. The number of fused-ring (bicyclic) bond motifs is 2. The highest BCUT2D eigenvalue weighted by Gasteiger charge is 2.24. The minimum atomic E-state index is -0.0197. The molecule has 4 aromatic rings. The molecule has 4 heterocycles. The van der Waals surface area contributed by atoms with E-state index in [0.717, 1.165) is 113 Å². The Hall–Kier alpha value is -3.38. The molecule has 2 aliphatic carbocycles. The van der Waals surface area contributed by atoms with Gasteiger partial charge in [0, 0.05) is 63.9 Å². The summed E-state index contributed by atoms with van der Waals surface area (Å²) >= 11 is 0. The van der Waals surface area contributed by atoms with Gasteiger partial charge in [-0.25, -0.2) is 0 Å². The Morgan fingerprint density at radius 2 is 1.00 bits per heavy atom. The van der Waals surface area contributed by atoms with E-state index in [0.29, 0.717) is 35.3 Å². The number of nitrogens with zero attached hydrogens (tertiary/aromatic N) is 8. The molecule has 0 aromatic carbocycles. The maximum Gasteiger partial charge on any atom is 0.296 e. The normalized spacial score (nSPS) is 21.9. The van der Waals surface area contributed by atoms with Crippen molar-refractivity contribution in [3.05, 3.63) is 56.1 Å². The van der Waals surface area contributed by atoms with Crippen LogP contribution in [0.3, 0.4) is 0 Å². The summed E-state index contributed by atoms with van der Waals surface area (Å²) in [6.45, 7) is 9.74. The van der Waals surface area contributed by atoms with Gasteiger partial charge >= 0.3 is 0 Å². The number of methoxy groups -OCH3 is 2. The fourth-order valence-corrected chi connectivity index (χ4v) is 7.14. The molecule has 2 aliphatic rings. The van der Waals surface area contributed by atoms with Gasteiger partial charge in [-0.2, -0.15) is 0 Å². The number of rotatable bonds is 10. The minimum Gasteiger partial charge on any atom is -0.381 e. The third-order valence-corrected chi connectivity index (χ3v) is 9.97. The fraction of sp³-hybridized carbons (Fsp3) is 0.706. The molecule has 0 unspecified atom stereocenters. The van der Waals surface area contributed by atoms with Crippen LogP contribution in [0, 0.1) is 25.7 Å². The summed E-state index contributed by atoms with van der Waals surface area (Å²) in [4.78, 5) is 25.6. The van der Waals surface area contributed by atoms with Crippen molar-refractivity contribution in [1.29, 1.82) is 0 Å². The van der Waals surface area contributed by atoms with Gasteiger partial charge in [-0.05, 0) is 89.9 Å². The van der Waals surface area contributed by atoms with Crippen molar-refractivity contribution in [2.24, 2.45) is 11.8 Å². The predicted octanol–water partition coefficient (Wildman–Crippen LogP) is 4.71. The Bertz CT molecular complexity index is 1580. The molecule has 12 nitrogen and oxygen atoms in total. The summed E-state index contributed by atoms with van der Waals surface area (Å²) in [5.41, 5.74) is 2.82. The lowest BCUT2D eigenvalue weighted by molar-refractivity contribution is 0.0539. The van der Waals surface area contributed by atoms with E-state index in [1.54, 1.807) is 14.2 Å². The minimum absolute atomic E-state index is 0.0197. The van der Waals surface area contributed by atoms with Crippen LogP contribution < -0.4 is 11.1 Å². The molecule has 0 N–H and O–H groups in total. The third-order valence-electron chi connectivity index (χ3n) is 9.97. The highest BCUT2D eigenvalue weighted by Crippen LogP contribution is 2.28. The van der Waals surface area contributed by atoms with Crippen LogP contribution in [-0.2, 0) is 35.4 Å². The number of hydrogen-bond acceptors (Lipinski definition) is 8. The Balaban J connectivity index is 0.000000181. The Morgan fingerprint density at radius 1 is 0.630 bits per heavy atom. The summed E-state index contributed by atoms with van der Waals surface area (Å²) in [5.74, 6) is 2.82. The second kappa shape index (κ2) is 15.5. The van der Waals surface area contributed by atoms with Crippen molar-refractivity contribution in [2.75, 3.05) is 14.2 Å². The fourth-order valence-electron chi connectivity index (χ4n) is 7.14. The van der Waals surface area contributed by atoms with E-state index >= 15 is 0 Å². The summed E-state index contributed by atoms with van der Waals surface area (Å²) in [6.07, 6.45) is 17.2. The molecular formula is C34H52N8O4. The van der Waals surface area contributed by atoms with Crippen LogP contribution in [0.1, 0.15) is 101 Å². The van der Waals surface area contributed by atoms with Crippen molar-refractivity contribution in [3.63, 3.8) is 0 Å². The molecule has 6 rings (SSSR count). The van der Waals surface area contributed by atoms with Crippen LogP contribution in [0.15, 0.2) is 22.0 Å². The highest BCUT2D eigenvalue weighted by atomic mass is 16.5. The van der Waals surface area contributed by atoms with E-state index in [4.69, 9.17) is 9.47 Å². The lowest BCUT2D eigenvalue weighted by Crippen LogP contribution is -2.30. The Kier molecular flexibility index (Phi) is 11.4. The van der Waals surface area contributed by atoms with Crippen molar-refractivity contribution in [2.45, 2.75) is 130 Å². The van der Waals surface area contributed by atoms with Gasteiger partial charge in [-0.15, -0.1) is 20.4 Å². The lowest BCUT2D eigenvalue weighted by atomic mass is 9.87. The first-order valence-electron chi connectivity index (χ1n) is 17.2. The van der Waals surface area contributed by atoms with Crippen LogP contribution in [0.25, 0.3) is 11.3 Å². The molecule has 2 fully saturated rings. The highest BCUT2D eigenvalue weighted by molar-refractivity contribution is 5.37. The van der Waals surface area contributed by atoms with E-state index < -0.39 is 0 Å². The summed E-state index contributed by atoms with van der Waals surface area (Å²) in [6, 6.07) is 0. The quantitative estimate of drug-likeness (QED) is 0.245. The lowest BCUT2D eigenvalue weighted by Gasteiger charge is -2.28. The van der Waals surface area contributed by atoms with Crippen LogP contribution in [-0.4, -0.2) is 64.8 Å². The van der Waals surface area contributed by atoms with E-state index in [1.807, 2.05) is 44.2 Å². The van der Waals surface area contributed by atoms with Gasteiger partial charge < -0.3 is 18.6 Å². The smallest absolute Gasteiger partial charge is 0.296 e. The molecular weight excluding hydrogens is 584 g/mol. The van der Waals surface area contributed by atoms with E-state index in [9.17, 15) is 9.59 Å². The predicted molar refractivity (Wildman–Crippen MR) is 177 cm³/mol. The molecule has 0 aliphatic heterocycles. The van der Waals surface area contributed by atoms with Gasteiger partial charge in [0.1, 0.15) is 11.6 Å². The standard InChI is InChI=1S/2C17H26N4O2/c2*1-4-5-15-18-19-16-17(22)20(12(2)10-21(15)16)11-13-6-8-14(23-3)9-7-13/h2*10,13-14H,4-9,11H2,1-3H3. The summed E-state index contributed by atoms with van der Waals surface area (Å²) in [7, 11) is 3.57. The van der Waals surface area contributed by atoms with E-state index in [1.165, 1.54) is 0 Å². The van der Waals surface area contributed by atoms with Gasteiger partial charge in [-0.1, -0.05) is 13.8 Å². The molecule has 0 amide bonds. The molecule has 0 bridgehead atoms. The monoisotopic (exact) mass is 636 g/mol. The average Bonchev–Trinajstić information content (AvgIpc) is 3.66. The van der Waals surface area contributed by atoms with Crippen LogP contribution >= 0.6 is 0 Å². The zero-order valence-corrected chi connectivity index (χ0v) is 28.6. The zero-order chi connectivity index (χ0) is 32.8. The molecule has 0 spiro atoms. The van der Waals surface area contributed by atoms with Gasteiger partial charge in [0.15, 0.2) is 0 Å². The topological polar surface area (TPSA) is 123 Å². The SMILES string of the molecule is CCCc1nnc2c(=O)n(CC3CCC(OC)CC3)c(C)cn12.CCCc1nnc2c(=O)n(CC3CCC(OC)CC3)c(C)cn12. The van der Waals surface area contributed by atoms with Crippen molar-refractivity contribution in [1.82, 2.24) is 38.3 Å². The van der Waals surface area contributed by atoms with Crippen molar-refractivity contribution >= 4 is 11.3 Å². The molecule has 4 aromatic heterocycles. The van der Waals surface area contributed by atoms with Gasteiger partial charge in [-0.3, -0.25) is 18.4 Å². The molecule has 12 heteroatoms. The number of aromatic nitrogens is 8. The molecule has 252 valence electrons. The first kappa shape index (κ1) is 34.0. The van der Waals surface area contributed by atoms with E-state index in [2.05, 4.69) is 34.2 Å². The number of hydrogen-bond donors (Lipinski definition) is 0. The number of ether oxygens (including phenoxy) is 2. The molecule has 0 saturated heterocycles.